The molecule has 4 rings (SSSR count). The molecule has 1 aromatic heterocycles. The summed E-state index contributed by atoms with van der Waals surface area (Å²) < 4.78 is 21.9. The fourth-order valence-corrected chi connectivity index (χ4v) is 4.36. The van der Waals surface area contributed by atoms with Crippen LogP contribution in [-0.2, 0) is 0 Å². The number of nitrogens with zero attached hydrogens (tertiary/aromatic N) is 2. The zero-order valence-corrected chi connectivity index (χ0v) is 17.6. The SMILES string of the molecule is C[C@@H](Oc1cccc(-c2cnn(C3CCNCC3)c2)c1)c1c(Cl)ccc(F)c1Cl. The van der Waals surface area contributed by atoms with Crippen molar-refractivity contribution in [3.63, 3.8) is 0 Å². The van der Waals surface area contributed by atoms with Gasteiger partial charge in [-0.05, 0) is 62.7 Å². The van der Waals surface area contributed by atoms with E-state index in [4.69, 9.17) is 27.9 Å². The zero-order valence-electron chi connectivity index (χ0n) is 16.0. The minimum atomic E-state index is -0.513. The number of piperidine rings is 1. The van der Waals surface area contributed by atoms with E-state index in [1.807, 2.05) is 30.5 Å². The van der Waals surface area contributed by atoms with Gasteiger partial charge in [0.2, 0.25) is 0 Å². The van der Waals surface area contributed by atoms with Crippen molar-refractivity contribution in [2.75, 3.05) is 13.1 Å². The maximum Gasteiger partial charge on any atom is 0.142 e. The molecule has 1 saturated heterocycles. The Bertz CT molecular complexity index is 1000. The van der Waals surface area contributed by atoms with Crippen LogP contribution in [-0.4, -0.2) is 22.9 Å². The lowest BCUT2D eigenvalue weighted by Gasteiger charge is -2.22. The van der Waals surface area contributed by atoms with Gasteiger partial charge in [-0.1, -0.05) is 35.3 Å². The second-order valence-electron chi connectivity index (χ2n) is 7.23. The maximum atomic E-state index is 13.8. The van der Waals surface area contributed by atoms with Crippen LogP contribution >= 0.6 is 23.2 Å². The highest BCUT2D eigenvalue weighted by atomic mass is 35.5. The lowest BCUT2D eigenvalue weighted by molar-refractivity contribution is 0.226. The Morgan fingerprint density at radius 3 is 2.76 bits per heavy atom. The van der Waals surface area contributed by atoms with Crippen LogP contribution in [0.25, 0.3) is 11.1 Å². The summed E-state index contributed by atoms with van der Waals surface area (Å²) in [7, 11) is 0. The summed E-state index contributed by atoms with van der Waals surface area (Å²) in [5.41, 5.74) is 2.48. The molecule has 0 aliphatic carbocycles. The van der Waals surface area contributed by atoms with E-state index in [0.29, 0.717) is 22.4 Å². The van der Waals surface area contributed by atoms with E-state index in [2.05, 4.69) is 21.3 Å². The van der Waals surface area contributed by atoms with Crippen molar-refractivity contribution in [1.82, 2.24) is 15.1 Å². The summed E-state index contributed by atoms with van der Waals surface area (Å²) >= 11 is 12.3. The van der Waals surface area contributed by atoms with Gasteiger partial charge in [-0.15, -0.1) is 0 Å². The number of hydrogen-bond donors (Lipinski definition) is 1. The van der Waals surface area contributed by atoms with E-state index >= 15 is 0 Å². The van der Waals surface area contributed by atoms with E-state index in [1.54, 1.807) is 6.92 Å². The predicted octanol–water partition coefficient (Wildman–Crippen LogP) is 6.06. The van der Waals surface area contributed by atoms with Crippen LogP contribution in [0.3, 0.4) is 0 Å². The first-order valence-electron chi connectivity index (χ1n) is 9.68. The molecule has 0 saturated carbocycles. The van der Waals surface area contributed by atoms with Crippen molar-refractivity contribution in [3.05, 3.63) is 70.2 Å². The summed E-state index contributed by atoms with van der Waals surface area (Å²) in [4.78, 5) is 0. The molecule has 29 heavy (non-hydrogen) atoms. The Morgan fingerprint density at radius 2 is 1.97 bits per heavy atom. The Hall–Kier alpha value is -2.08. The Labute approximate surface area is 179 Å². The van der Waals surface area contributed by atoms with Crippen molar-refractivity contribution in [3.8, 4) is 16.9 Å². The van der Waals surface area contributed by atoms with Crippen molar-refractivity contribution in [2.45, 2.75) is 31.9 Å². The minimum Gasteiger partial charge on any atom is -0.486 e. The van der Waals surface area contributed by atoms with E-state index in [-0.39, 0.29) is 5.02 Å². The maximum absolute atomic E-state index is 13.8. The first-order valence-corrected chi connectivity index (χ1v) is 10.4. The number of hydrogen-bond acceptors (Lipinski definition) is 3. The topological polar surface area (TPSA) is 39.1 Å². The van der Waals surface area contributed by atoms with Crippen LogP contribution in [0.15, 0.2) is 48.8 Å². The fourth-order valence-electron chi connectivity index (χ4n) is 3.69. The molecule has 7 heteroatoms. The first kappa shape index (κ1) is 20.2. The molecule has 1 fully saturated rings. The van der Waals surface area contributed by atoms with Crippen molar-refractivity contribution in [1.29, 1.82) is 0 Å². The van der Waals surface area contributed by atoms with E-state index < -0.39 is 11.9 Å². The van der Waals surface area contributed by atoms with E-state index in [1.165, 1.54) is 12.1 Å². The molecule has 0 radical (unpaired) electrons. The van der Waals surface area contributed by atoms with Crippen LogP contribution in [0.4, 0.5) is 4.39 Å². The molecule has 2 heterocycles. The third kappa shape index (κ3) is 4.42. The van der Waals surface area contributed by atoms with Gasteiger partial charge < -0.3 is 10.1 Å². The summed E-state index contributed by atoms with van der Waals surface area (Å²) in [6.07, 6.45) is 5.62. The van der Waals surface area contributed by atoms with Gasteiger partial charge in [0.05, 0.1) is 17.3 Å². The molecule has 3 aromatic rings. The summed E-state index contributed by atoms with van der Waals surface area (Å²) in [6, 6.07) is 10.9. The quantitative estimate of drug-likeness (QED) is 0.496. The minimum absolute atomic E-state index is 0.00981. The first-order chi connectivity index (χ1) is 14.0. The number of benzene rings is 2. The zero-order chi connectivity index (χ0) is 20.4. The molecule has 2 aromatic carbocycles. The number of aromatic nitrogens is 2. The van der Waals surface area contributed by atoms with Gasteiger partial charge in [0.15, 0.2) is 0 Å². The molecule has 4 nitrogen and oxygen atoms in total. The summed E-state index contributed by atoms with van der Waals surface area (Å²) in [5, 5.41) is 8.30. The third-order valence-electron chi connectivity index (χ3n) is 5.25. The molecule has 0 unspecified atom stereocenters. The molecular weight excluding hydrogens is 412 g/mol. The second-order valence-corrected chi connectivity index (χ2v) is 8.02. The third-order valence-corrected chi connectivity index (χ3v) is 5.96. The van der Waals surface area contributed by atoms with E-state index in [9.17, 15) is 4.39 Å². The normalized spacial score (nSPS) is 16.0. The van der Waals surface area contributed by atoms with Gasteiger partial charge in [0, 0.05) is 22.3 Å². The predicted molar refractivity (Wildman–Crippen MR) is 114 cm³/mol. The highest BCUT2D eigenvalue weighted by Gasteiger charge is 2.19. The van der Waals surface area contributed by atoms with Crippen LogP contribution < -0.4 is 10.1 Å². The number of nitrogens with one attached hydrogen (secondary N) is 1. The Morgan fingerprint density at radius 1 is 1.17 bits per heavy atom. The molecule has 0 spiro atoms. The van der Waals surface area contributed by atoms with Gasteiger partial charge in [-0.25, -0.2) is 4.39 Å². The van der Waals surface area contributed by atoms with Crippen LogP contribution in [0, 0.1) is 5.82 Å². The second kappa shape index (κ2) is 8.74. The van der Waals surface area contributed by atoms with Gasteiger partial charge in [0.1, 0.15) is 17.7 Å². The van der Waals surface area contributed by atoms with Crippen molar-refractivity contribution >= 4 is 23.2 Å². The lowest BCUT2D eigenvalue weighted by Crippen LogP contribution is -2.29. The van der Waals surface area contributed by atoms with Gasteiger partial charge in [0.25, 0.3) is 0 Å². The van der Waals surface area contributed by atoms with Crippen LogP contribution in [0.2, 0.25) is 10.0 Å². The summed E-state index contributed by atoms with van der Waals surface area (Å²) in [6.45, 7) is 3.84. The summed E-state index contributed by atoms with van der Waals surface area (Å²) in [5.74, 6) is 0.140. The van der Waals surface area contributed by atoms with Gasteiger partial charge in [-0.3, -0.25) is 4.68 Å². The molecule has 1 N–H and O–H groups in total. The molecule has 0 amide bonds. The number of ether oxygens (including phenoxy) is 1. The average Bonchev–Trinajstić information content (AvgIpc) is 3.22. The number of rotatable bonds is 5. The average molecular weight is 434 g/mol. The van der Waals surface area contributed by atoms with E-state index in [0.717, 1.165) is 37.1 Å². The van der Waals surface area contributed by atoms with Gasteiger partial charge >= 0.3 is 0 Å². The highest BCUT2D eigenvalue weighted by Crippen LogP contribution is 2.35. The van der Waals surface area contributed by atoms with Crippen molar-refractivity contribution in [2.24, 2.45) is 0 Å². The standard InChI is InChI=1S/C22H22Cl2FN3O/c1-14(21-19(23)5-6-20(25)22(21)24)29-18-4-2-3-15(11-18)16-12-27-28(13-16)17-7-9-26-10-8-17/h2-6,11-14,17,26H,7-10H2,1H3/t14-/m1/s1. The molecule has 1 atom stereocenters. The van der Waals surface area contributed by atoms with Crippen LogP contribution in [0.5, 0.6) is 5.75 Å². The lowest BCUT2D eigenvalue weighted by atomic mass is 10.1. The highest BCUT2D eigenvalue weighted by molar-refractivity contribution is 6.36. The smallest absolute Gasteiger partial charge is 0.142 e. The largest absolute Gasteiger partial charge is 0.486 e. The van der Waals surface area contributed by atoms with Crippen molar-refractivity contribution < 1.29 is 9.13 Å². The van der Waals surface area contributed by atoms with Crippen LogP contribution in [0.1, 0.15) is 37.5 Å². The fraction of sp³-hybridized carbons (Fsp3) is 0.318. The molecule has 152 valence electrons. The number of halogens is 3. The van der Waals surface area contributed by atoms with Gasteiger partial charge in [-0.2, -0.15) is 5.10 Å². The monoisotopic (exact) mass is 433 g/mol. The molecule has 0 bridgehead atoms. The molecular formula is C22H22Cl2FN3O. The Balaban J connectivity index is 1.54. The Kier molecular flexibility index (Phi) is 6.09. The molecule has 1 aliphatic heterocycles. The molecule has 1 aliphatic rings.